The van der Waals surface area contributed by atoms with Gasteiger partial charge in [-0.15, -0.1) is 0 Å². The summed E-state index contributed by atoms with van der Waals surface area (Å²) in [5.41, 5.74) is 2.82. The summed E-state index contributed by atoms with van der Waals surface area (Å²) in [4.78, 5) is 24.3. The molecule has 2 aromatic carbocycles. The number of rotatable bonds is 13. The van der Waals surface area contributed by atoms with E-state index in [1.54, 1.807) is 17.3 Å². The average molecular weight is 507 g/mol. The molecule has 3 rings (SSSR count). The minimum absolute atomic E-state index is 0.345. The van der Waals surface area contributed by atoms with Crippen LogP contribution < -0.4 is 4.74 Å². The predicted octanol–water partition coefficient (Wildman–Crippen LogP) is 6.55. The standard InChI is InChI=1S/C30H42N4O3/c1-6-18-33(19-7-2)20-24-12-14-27(15-13-24)36-23-26-10-8-25(9-11-26)21-34(22-28-31-16-17-32-28)29(35)37-30(3,4)5/h8-17H,6-7,18-23H2,1-5H3,(H,31,32). The molecule has 1 aromatic heterocycles. The number of imidazole rings is 1. The molecule has 7 nitrogen and oxygen atoms in total. The van der Waals surface area contributed by atoms with Crippen molar-refractivity contribution in [1.29, 1.82) is 0 Å². The van der Waals surface area contributed by atoms with Gasteiger partial charge in [0.2, 0.25) is 0 Å². The molecule has 1 N–H and O–H groups in total. The lowest BCUT2D eigenvalue weighted by Gasteiger charge is -2.27. The second-order valence-corrected chi connectivity index (χ2v) is 10.4. The topological polar surface area (TPSA) is 70.7 Å². The van der Waals surface area contributed by atoms with Crippen LogP contribution in [0.2, 0.25) is 0 Å². The number of carbonyl (C=O) groups excluding carboxylic acids is 1. The van der Waals surface area contributed by atoms with Crippen LogP contribution in [0.1, 0.15) is 70.0 Å². The molecule has 0 spiro atoms. The molecule has 7 heteroatoms. The Morgan fingerprint density at radius 1 is 0.865 bits per heavy atom. The van der Waals surface area contributed by atoms with Gasteiger partial charge >= 0.3 is 6.09 Å². The van der Waals surface area contributed by atoms with E-state index in [1.165, 1.54) is 18.4 Å². The van der Waals surface area contributed by atoms with Gasteiger partial charge < -0.3 is 14.5 Å². The molecule has 3 aromatic rings. The number of carbonyl (C=O) groups is 1. The number of benzene rings is 2. The Kier molecular flexibility index (Phi) is 10.6. The molecule has 0 aliphatic rings. The van der Waals surface area contributed by atoms with Crippen molar-refractivity contribution < 1.29 is 14.3 Å². The van der Waals surface area contributed by atoms with Crippen LogP contribution in [0.25, 0.3) is 0 Å². The highest BCUT2D eigenvalue weighted by Crippen LogP contribution is 2.18. The summed E-state index contributed by atoms with van der Waals surface area (Å²) in [6, 6.07) is 16.5. The third kappa shape index (κ3) is 9.92. The lowest BCUT2D eigenvalue weighted by atomic mass is 10.1. The van der Waals surface area contributed by atoms with E-state index < -0.39 is 5.60 Å². The number of hydrogen-bond donors (Lipinski definition) is 1. The van der Waals surface area contributed by atoms with Gasteiger partial charge in [-0.25, -0.2) is 9.78 Å². The van der Waals surface area contributed by atoms with Gasteiger partial charge in [-0.1, -0.05) is 50.2 Å². The van der Waals surface area contributed by atoms with Crippen molar-refractivity contribution in [1.82, 2.24) is 19.8 Å². The maximum Gasteiger partial charge on any atom is 0.410 e. The smallest absolute Gasteiger partial charge is 0.410 e. The zero-order valence-corrected chi connectivity index (χ0v) is 23.0. The highest BCUT2D eigenvalue weighted by atomic mass is 16.6. The van der Waals surface area contributed by atoms with E-state index >= 15 is 0 Å². The molecular formula is C30H42N4O3. The summed E-state index contributed by atoms with van der Waals surface area (Å²) in [6.07, 6.45) is 5.40. The van der Waals surface area contributed by atoms with Crippen LogP contribution in [0, 0.1) is 0 Å². The Bertz CT molecular complexity index is 1050. The molecule has 1 amide bonds. The Morgan fingerprint density at radius 3 is 2.03 bits per heavy atom. The van der Waals surface area contributed by atoms with Crippen LogP contribution in [0.3, 0.4) is 0 Å². The van der Waals surface area contributed by atoms with Crippen molar-refractivity contribution in [2.24, 2.45) is 0 Å². The number of amides is 1. The van der Waals surface area contributed by atoms with Gasteiger partial charge in [0.1, 0.15) is 23.8 Å². The summed E-state index contributed by atoms with van der Waals surface area (Å²) >= 11 is 0. The number of aromatic amines is 1. The molecule has 0 bridgehead atoms. The van der Waals surface area contributed by atoms with Crippen molar-refractivity contribution in [3.8, 4) is 5.75 Å². The van der Waals surface area contributed by atoms with Crippen LogP contribution >= 0.6 is 0 Å². The third-order valence-electron chi connectivity index (χ3n) is 5.76. The molecule has 0 saturated heterocycles. The fourth-order valence-corrected chi connectivity index (χ4v) is 4.06. The first-order chi connectivity index (χ1) is 17.8. The van der Waals surface area contributed by atoms with E-state index in [1.807, 2.05) is 57.2 Å². The number of ether oxygens (including phenoxy) is 2. The van der Waals surface area contributed by atoms with Gasteiger partial charge in [0, 0.05) is 25.5 Å². The summed E-state index contributed by atoms with van der Waals surface area (Å²) in [6.45, 7) is 14.5. The Balaban J connectivity index is 1.55. The quantitative estimate of drug-likeness (QED) is 0.285. The first-order valence-electron chi connectivity index (χ1n) is 13.2. The zero-order valence-electron chi connectivity index (χ0n) is 23.0. The zero-order chi connectivity index (χ0) is 26.7. The van der Waals surface area contributed by atoms with E-state index in [4.69, 9.17) is 9.47 Å². The van der Waals surface area contributed by atoms with Crippen LogP contribution in [0.4, 0.5) is 4.79 Å². The van der Waals surface area contributed by atoms with Crippen LogP contribution in [0.5, 0.6) is 5.75 Å². The Hall–Kier alpha value is -3.32. The molecular weight excluding hydrogens is 464 g/mol. The van der Waals surface area contributed by atoms with Crippen molar-refractivity contribution in [3.63, 3.8) is 0 Å². The second kappa shape index (κ2) is 13.8. The number of aromatic nitrogens is 2. The molecule has 200 valence electrons. The SMILES string of the molecule is CCCN(CCC)Cc1ccc(OCc2ccc(CN(Cc3ncc[nH]3)C(=O)OC(C)(C)C)cc2)cc1. The molecule has 0 radical (unpaired) electrons. The third-order valence-corrected chi connectivity index (χ3v) is 5.76. The number of hydrogen-bond acceptors (Lipinski definition) is 5. The van der Waals surface area contributed by atoms with Crippen molar-refractivity contribution in [2.45, 2.75) is 79.3 Å². The second-order valence-electron chi connectivity index (χ2n) is 10.4. The number of nitrogens with zero attached hydrogens (tertiary/aromatic N) is 3. The van der Waals surface area contributed by atoms with Crippen molar-refractivity contribution >= 4 is 6.09 Å². The van der Waals surface area contributed by atoms with E-state index in [-0.39, 0.29) is 6.09 Å². The minimum atomic E-state index is -0.567. The maximum absolute atomic E-state index is 12.8. The molecule has 0 aliphatic heterocycles. The fraction of sp³-hybridized carbons (Fsp3) is 0.467. The molecule has 1 heterocycles. The van der Waals surface area contributed by atoms with Crippen LogP contribution in [-0.4, -0.2) is 44.6 Å². The van der Waals surface area contributed by atoms with E-state index in [0.29, 0.717) is 25.5 Å². The maximum atomic E-state index is 12.8. The van der Waals surface area contributed by atoms with Crippen molar-refractivity contribution in [2.75, 3.05) is 13.1 Å². The van der Waals surface area contributed by atoms with E-state index in [2.05, 4.69) is 40.8 Å². The largest absolute Gasteiger partial charge is 0.489 e. The van der Waals surface area contributed by atoms with Crippen LogP contribution in [-0.2, 0) is 31.0 Å². The summed E-state index contributed by atoms with van der Waals surface area (Å²) in [7, 11) is 0. The van der Waals surface area contributed by atoms with Gasteiger partial charge in [-0.2, -0.15) is 0 Å². The minimum Gasteiger partial charge on any atom is -0.489 e. The predicted molar refractivity (Wildman–Crippen MR) is 147 cm³/mol. The number of H-pyrrole nitrogens is 1. The van der Waals surface area contributed by atoms with Gasteiger partial charge in [0.15, 0.2) is 0 Å². The number of nitrogens with one attached hydrogen (secondary N) is 1. The first-order valence-corrected chi connectivity index (χ1v) is 13.2. The average Bonchev–Trinajstić information content (AvgIpc) is 3.37. The lowest BCUT2D eigenvalue weighted by Crippen LogP contribution is -2.36. The first kappa shape index (κ1) is 28.3. The molecule has 0 unspecified atom stereocenters. The molecule has 0 aliphatic carbocycles. The van der Waals surface area contributed by atoms with Gasteiger partial charge in [-0.3, -0.25) is 9.80 Å². The molecule has 0 atom stereocenters. The molecule has 0 fully saturated rings. The normalized spacial score (nSPS) is 11.5. The Labute approximate surface area is 221 Å². The van der Waals surface area contributed by atoms with Gasteiger partial charge in [0.25, 0.3) is 0 Å². The van der Waals surface area contributed by atoms with Gasteiger partial charge in [0.05, 0.1) is 6.54 Å². The lowest BCUT2D eigenvalue weighted by molar-refractivity contribution is 0.0212. The monoisotopic (exact) mass is 506 g/mol. The van der Waals surface area contributed by atoms with Crippen LogP contribution in [0.15, 0.2) is 60.9 Å². The fourth-order valence-electron chi connectivity index (χ4n) is 4.06. The summed E-state index contributed by atoms with van der Waals surface area (Å²) < 4.78 is 11.6. The molecule has 0 saturated carbocycles. The Morgan fingerprint density at radius 2 is 1.46 bits per heavy atom. The van der Waals surface area contributed by atoms with E-state index in [9.17, 15) is 4.79 Å². The summed E-state index contributed by atoms with van der Waals surface area (Å²) in [5, 5.41) is 0. The van der Waals surface area contributed by atoms with Gasteiger partial charge in [-0.05, 0) is 75.5 Å². The van der Waals surface area contributed by atoms with E-state index in [0.717, 1.165) is 36.5 Å². The summed E-state index contributed by atoms with van der Waals surface area (Å²) in [5.74, 6) is 1.57. The highest BCUT2D eigenvalue weighted by Gasteiger charge is 2.23. The molecule has 37 heavy (non-hydrogen) atoms. The highest BCUT2D eigenvalue weighted by molar-refractivity contribution is 5.68. The van der Waals surface area contributed by atoms with Crippen molar-refractivity contribution in [3.05, 3.63) is 83.4 Å².